The number of methoxy groups -OCH3 is 1. The Labute approximate surface area is 147 Å². The maximum Gasteiger partial charge on any atom is 0.313 e. The third-order valence-electron chi connectivity index (χ3n) is 3.37. The Morgan fingerprint density at radius 2 is 2.16 bits per heavy atom. The second-order valence-electron chi connectivity index (χ2n) is 5.00. The molecule has 7 nitrogen and oxygen atoms in total. The molecule has 0 radical (unpaired) electrons. The lowest BCUT2D eigenvalue weighted by Gasteiger charge is -2.10. The van der Waals surface area contributed by atoms with Crippen molar-refractivity contribution >= 4 is 28.8 Å². The standard InChI is InChI=1S/C17H15N3O4S/c1-23-14-7-11(4-5-13(14)15-9-18-10-24-15)20-17(22)16(21)19-8-12-3-2-6-25-12/h2-7,9-10H,8H2,1H3,(H,19,21)(H,20,22). The first kappa shape index (κ1) is 16.7. The number of nitrogens with one attached hydrogen (secondary N) is 2. The molecule has 3 aromatic rings. The molecule has 1 aromatic carbocycles. The molecule has 0 aliphatic heterocycles. The number of thiophene rings is 1. The molecule has 2 amide bonds. The molecule has 0 saturated heterocycles. The average molecular weight is 357 g/mol. The largest absolute Gasteiger partial charge is 0.496 e. The number of aromatic nitrogens is 1. The van der Waals surface area contributed by atoms with E-state index in [9.17, 15) is 9.59 Å². The first-order valence-corrected chi connectivity index (χ1v) is 8.24. The van der Waals surface area contributed by atoms with Crippen LogP contribution in [0.2, 0.25) is 0 Å². The fourth-order valence-corrected chi connectivity index (χ4v) is 2.81. The molecule has 2 heterocycles. The molecule has 0 bridgehead atoms. The van der Waals surface area contributed by atoms with Crippen molar-refractivity contribution in [3.8, 4) is 17.1 Å². The number of amides is 2. The quantitative estimate of drug-likeness (QED) is 0.685. The van der Waals surface area contributed by atoms with Gasteiger partial charge in [-0.15, -0.1) is 11.3 Å². The van der Waals surface area contributed by atoms with Crippen LogP contribution >= 0.6 is 11.3 Å². The Morgan fingerprint density at radius 1 is 1.28 bits per heavy atom. The van der Waals surface area contributed by atoms with E-state index in [-0.39, 0.29) is 0 Å². The zero-order valence-electron chi connectivity index (χ0n) is 13.3. The van der Waals surface area contributed by atoms with Crippen LogP contribution < -0.4 is 15.4 Å². The van der Waals surface area contributed by atoms with E-state index in [2.05, 4.69) is 15.6 Å². The highest BCUT2D eigenvalue weighted by Gasteiger charge is 2.15. The van der Waals surface area contributed by atoms with Crippen LogP contribution in [0.15, 0.2) is 52.7 Å². The van der Waals surface area contributed by atoms with Gasteiger partial charge >= 0.3 is 11.8 Å². The molecule has 3 rings (SSSR count). The third kappa shape index (κ3) is 4.04. The van der Waals surface area contributed by atoms with Crippen molar-refractivity contribution in [2.24, 2.45) is 0 Å². The summed E-state index contributed by atoms with van der Waals surface area (Å²) < 4.78 is 10.6. The Bertz CT molecular complexity index is 860. The molecule has 0 spiro atoms. The Kier molecular flexibility index (Phi) is 5.10. The molecule has 0 aliphatic rings. The minimum absolute atomic E-state index is 0.317. The molecule has 0 fully saturated rings. The number of hydrogen-bond donors (Lipinski definition) is 2. The normalized spacial score (nSPS) is 10.3. The topological polar surface area (TPSA) is 93.5 Å². The first-order chi connectivity index (χ1) is 12.2. The van der Waals surface area contributed by atoms with E-state index < -0.39 is 11.8 Å². The van der Waals surface area contributed by atoms with E-state index in [0.717, 1.165) is 4.88 Å². The van der Waals surface area contributed by atoms with Crippen molar-refractivity contribution in [1.82, 2.24) is 10.3 Å². The number of anilines is 1. The van der Waals surface area contributed by atoms with Crippen molar-refractivity contribution in [3.05, 3.63) is 53.2 Å². The average Bonchev–Trinajstić information content (AvgIpc) is 3.33. The second-order valence-corrected chi connectivity index (χ2v) is 6.03. The lowest BCUT2D eigenvalue weighted by atomic mass is 10.1. The van der Waals surface area contributed by atoms with E-state index in [4.69, 9.17) is 9.15 Å². The highest BCUT2D eigenvalue weighted by Crippen LogP contribution is 2.32. The van der Waals surface area contributed by atoms with Crippen LogP contribution in [-0.4, -0.2) is 23.9 Å². The number of oxazole rings is 1. The van der Waals surface area contributed by atoms with Gasteiger partial charge in [0.25, 0.3) is 0 Å². The smallest absolute Gasteiger partial charge is 0.313 e. The van der Waals surface area contributed by atoms with Crippen molar-refractivity contribution in [2.45, 2.75) is 6.54 Å². The van der Waals surface area contributed by atoms with Crippen LogP contribution in [0.5, 0.6) is 5.75 Å². The van der Waals surface area contributed by atoms with Gasteiger partial charge in [0, 0.05) is 16.6 Å². The number of carbonyl (C=O) groups excluding carboxylic acids is 2. The Hall–Kier alpha value is -3.13. The molecule has 2 N–H and O–H groups in total. The van der Waals surface area contributed by atoms with Gasteiger partial charge in [0.05, 0.1) is 25.4 Å². The number of benzene rings is 1. The first-order valence-electron chi connectivity index (χ1n) is 7.36. The molecule has 2 aromatic heterocycles. The maximum atomic E-state index is 12.0. The maximum absolute atomic E-state index is 12.0. The second kappa shape index (κ2) is 7.63. The fourth-order valence-electron chi connectivity index (χ4n) is 2.17. The van der Waals surface area contributed by atoms with E-state index in [1.807, 2.05) is 17.5 Å². The van der Waals surface area contributed by atoms with Crippen LogP contribution in [0, 0.1) is 0 Å². The summed E-state index contributed by atoms with van der Waals surface area (Å²) in [6, 6.07) is 8.76. The van der Waals surface area contributed by atoms with Gasteiger partial charge < -0.3 is 19.8 Å². The van der Waals surface area contributed by atoms with Crippen LogP contribution in [0.25, 0.3) is 11.3 Å². The van der Waals surface area contributed by atoms with Crippen LogP contribution in [0.3, 0.4) is 0 Å². The summed E-state index contributed by atoms with van der Waals surface area (Å²) in [7, 11) is 1.51. The molecule has 0 aliphatic carbocycles. The highest BCUT2D eigenvalue weighted by atomic mass is 32.1. The van der Waals surface area contributed by atoms with Gasteiger partial charge in [0.2, 0.25) is 0 Å². The molecular formula is C17H15N3O4S. The van der Waals surface area contributed by atoms with Gasteiger partial charge in [0.1, 0.15) is 5.75 Å². The van der Waals surface area contributed by atoms with Crippen molar-refractivity contribution in [3.63, 3.8) is 0 Å². The predicted molar refractivity (Wildman–Crippen MR) is 93.3 cm³/mol. The molecule has 25 heavy (non-hydrogen) atoms. The van der Waals surface area contributed by atoms with Crippen LogP contribution in [0.4, 0.5) is 5.69 Å². The van der Waals surface area contributed by atoms with Gasteiger partial charge in [-0.05, 0) is 23.6 Å². The summed E-state index contributed by atoms with van der Waals surface area (Å²) in [6.45, 7) is 0.317. The molecule has 8 heteroatoms. The molecule has 0 saturated carbocycles. The van der Waals surface area contributed by atoms with Crippen molar-refractivity contribution < 1.29 is 18.7 Å². The molecule has 0 unspecified atom stereocenters. The summed E-state index contributed by atoms with van der Waals surface area (Å²) >= 11 is 1.51. The Morgan fingerprint density at radius 3 is 2.84 bits per heavy atom. The predicted octanol–water partition coefficient (Wildman–Crippen LogP) is 2.67. The lowest BCUT2D eigenvalue weighted by Crippen LogP contribution is -2.34. The Balaban J connectivity index is 1.65. The SMILES string of the molecule is COc1cc(NC(=O)C(=O)NCc2cccs2)ccc1-c1cnco1. The van der Waals surface area contributed by atoms with Crippen molar-refractivity contribution in [1.29, 1.82) is 0 Å². The highest BCUT2D eigenvalue weighted by molar-refractivity contribution is 7.09. The van der Waals surface area contributed by atoms with E-state index in [1.165, 1.54) is 24.8 Å². The number of nitrogens with zero attached hydrogens (tertiary/aromatic N) is 1. The van der Waals surface area contributed by atoms with Gasteiger partial charge in [-0.3, -0.25) is 9.59 Å². The van der Waals surface area contributed by atoms with Crippen molar-refractivity contribution in [2.75, 3.05) is 12.4 Å². The van der Waals surface area contributed by atoms with Gasteiger partial charge in [0.15, 0.2) is 12.2 Å². The summed E-state index contributed by atoms with van der Waals surface area (Å²) in [5.41, 5.74) is 1.14. The van der Waals surface area contributed by atoms with E-state index in [0.29, 0.717) is 29.3 Å². The minimum Gasteiger partial charge on any atom is -0.496 e. The molecule has 0 atom stereocenters. The van der Waals surface area contributed by atoms with Crippen LogP contribution in [0.1, 0.15) is 4.88 Å². The summed E-state index contributed by atoms with van der Waals surface area (Å²) in [4.78, 5) is 28.7. The lowest BCUT2D eigenvalue weighted by molar-refractivity contribution is -0.136. The summed E-state index contributed by atoms with van der Waals surface area (Å²) in [5.74, 6) is -0.408. The number of ether oxygens (including phenoxy) is 1. The third-order valence-corrected chi connectivity index (χ3v) is 4.24. The molecule has 128 valence electrons. The zero-order valence-corrected chi connectivity index (χ0v) is 14.1. The van der Waals surface area contributed by atoms with E-state index in [1.54, 1.807) is 24.4 Å². The van der Waals surface area contributed by atoms with E-state index >= 15 is 0 Å². The van der Waals surface area contributed by atoms with Gasteiger partial charge in [-0.1, -0.05) is 6.07 Å². The minimum atomic E-state index is -0.744. The number of hydrogen-bond acceptors (Lipinski definition) is 6. The summed E-state index contributed by atoms with van der Waals surface area (Å²) in [6.07, 6.45) is 2.89. The van der Waals surface area contributed by atoms with Gasteiger partial charge in [-0.2, -0.15) is 0 Å². The number of rotatable bonds is 5. The zero-order chi connectivity index (χ0) is 17.6. The molecular weight excluding hydrogens is 342 g/mol. The fraction of sp³-hybridized carbons (Fsp3) is 0.118. The van der Waals surface area contributed by atoms with Gasteiger partial charge in [-0.25, -0.2) is 4.98 Å². The number of carbonyl (C=O) groups is 2. The van der Waals surface area contributed by atoms with Crippen LogP contribution in [-0.2, 0) is 16.1 Å². The summed E-state index contributed by atoms with van der Waals surface area (Å²) in [5, 5.41) is 7.02. The monoisotopic (exact) mass is 357 g/mol.